The van der Waals surface area contributed by atoms with Gasteiger partial charge in [-0.1, -0.05) is 6.92 Å². The second kappa shape index (κ2) is 6.23. The number of aryl methyl sites for hydroxylation is 1. The predicted molar refractivity (Wildman–Crippen MR) is 69.0 cm³/mol. The summed E-state index contributed by atoms with van der Waals surface area (Å²) >= 11 is 0. The summed E-state index contributed by atoms with van der Waals surface area (Å²) in [5, 5.41) is 0. The van der Waals surface area contributed by atoms with Gasteiger partial charge in [-0.25, -0.2) is 17.2 Å². The van der Waals surface area contributed by atoms with Gasteiger partial charge < -0.3 is 0 Å². The summed E-state index contributed by atoms with van der Waals surface area (Å²) < 4.78 is 49.0. The number of carbonyl (C=O) groups is 1. The van der Waals surface area contributed by atoms with Gasteiger partial charge in [-0.05, 0) is 25.0 Å². The Labute approximate surface area is 111 Å². The summed E-state index contributed by atoms with van der Waals surface area (Å²) in [6.45, 7) is 2.97. The molecule has 0 N–H and O–H groups in total. The molecule has 19 heavy (non-hydrogen) atoms. The van der Waals surface area contributed by atoms with Crippen LogP contribution in [0.2, 0.25) is 0 Å². The molecule has 0 amide bonds. The molecule has 0 heterocycles. The number of sulfone groups is 1. The molecule has 6 heteroatoms. The highest BCUT2D eigenvalue weighted by Crippen LogP contribution is 2.16. The Morgan fingerprint density at radius 1 is 1.21 bits per heavy atom. The van der Waals surface area contributed by atoms with E-state index in [1.54, 1.807) is 0 Å². The third-order valence-electron chi connectivity index (χ3n) is 2.85. The Morgan fingerprint density at radius 2 is 1.84 bits per heavy atom. The van der Waals surface area contributed by atoms with Crippen LogP contribution in [0.25, 0.3) is 0 Å². The molecule has 0 aliphatic heterocycles. The maximum absolute atomic E-state index is 13.4. The minimum absolute atomic E-state index is 0.0191. The first kappa shape index (κ1) is 15.8. The molecule has 0 saturated heterocycles. The number of carbonyl (C=O) groups excluding carboxylic acids is 1. The summed E-state index contributed by atoms with van der Waals surface area (Å²) in [6, 6.07) is 1.83. The van der Waals surface area contributed by atoms with Gasteiger partial charge >= 0.3 is 0 Å². The molecule has 0 fully saturated rings. The van der Waals surface area contributed by atoms with E-state index < -0.39 is 27.3 Å². The van der Waals surface area contributed by atoms with E-state index in [2.05, 4.69) is 0 Å². The molecule has 0 bridgehead atoms. The van der Waals surface area contributed by atoms with Crippen LogP contribution in [0.4, 0.5) is 8.78 Å². The molecule has 106 valence electrons. The molecule has 0 radical (unpaired) electrons. The van der Waals surface area contributed by atoms with Gasteiger partial charge in [0.15, 0.2) is 5.78 Å². The molecule has 1 aromatic rings. The van der Waals surface area contributed by atoms with Gasteiger partial charge in [-0.2, -0.15) is 0 Å². The van der Waals surface area contributed by atoms with Crippen molar-refractivity contribution in [3.05, 3.63) is 34.9 Å². The molecular weight excluding hydrogens is 274 g/mol. The maximum atomic E-state index is 13.4. The lowest BCUT2D eigenvalue weighted by Crippen LogP contribution is -2.11. The Balaban J connectivity index is 2.72. The second-order valence-electron chi connectivity index (χ2n) is 4.34. The lowest BCUT2D eigenvalue weighted by Gasteiger charge is -2.05. The van der Waals surface area contributed by atoms with Crippen LogP contribution in [0.15, 0.2) is 12.1 Å². The van der Waals surface area contributed by atoms with Gasteiger partial charge in [-0.15, -0.1) is 0 Å². The zero-order valence-corrected chi connectivity index (χ0v) is 11.7. The van der Waals surface area contributed by atoms with E-state index in [0.29, 0.717) is 6.07 Å². The lowest BCUT2D eigenvalue weighted by molar-refractivity contribution is 0.0978. The van der Waals surface area contributed by atoms with Gasteiger partial charge in [0, 0.05) is 18.2 Å². The highest BCUT2D eigenvalue weighted by molar-refractivity contribution is 7.91. The van der Waals surface area contributed by atoms with Gasteiger partial charge in [0.25, 0.3) is 0 Å². The molecule has 1 rings (SSSR count). The molecule has 3 nitrogen and oxygen atoms in total. The zero-order valence-electron chi connectivity index (χ0n) is 10.9. The Hall–Kier alpha value is -1.30. The number of rotatable bonds is 6. The highest BCUT2D eigenvalue weighted by Gasteiger charge is 2.15. The molecular formula is C13H16F2O3S. The number of hydrogen-bond acceptors (Lipinski definition) is 3. The van der Waals surface area contributed by atoms with Crippen molar-refractivity contribution in [3.63, 3.8) is 0 Å². The SMILES string of the molecule is CCS(=O)(=O)CCCC(=O)c1cc(C)c(F)cc1F. The van der Waals surface area contributed by atoms with Crippen LogP contribution in [0.3, 0.4) is 0 Å². The molecule has 1 aromatic carbocycles. The zero-order chi connectivity index (χ0) is 14.6. The Bertz CT molecular complexity index is 580. The van der Waals surface area contributed by atoms with Crippen LogP contribution in [0, 0.1) is 18.6 Å². The van der Waals surface area contributed by atoms with E-state index in [1.165, 1.54) is 13.8 Å². The van der Waals surface area contributed by atoms with Crippen LogP contribution < -0.4 is 0 Å². The van der Waals surface area contributed by atoms with Gasteiger partial charge in [-0.3, -0.25) is 4.79 Å². The predicted octanol–water partition coefficient (Wildman–Crippen LogP) is 2.67. The van der Waals surface area contributed by atoms with E-state index in [0.717, 1.165) is 6.07 Å². The van der Waals surface area contributed by atoms with Crippen molar-refractivity contribution in [2.24, 2.45) is 0 Å². The maximum Gasteiger partial charge on any atom is 0.165 e. The van der Waals surface area contributed by atoms with Crippen molar-refractivity contribution >= 4 is 15.6 Å². The normalized spacial score (nSPS) is 11.6. The fourth-order valence-electron chi connectivity index (χ4n) is 1.60. The van der Waals surface area contributed by atoms with Crippen molar-refractivity contribution in [1.82, 2.24) is 0 Å². The lowest BCUT2D eigenvalue weighted by atomic mass is 10.0. The van der Waals surface area contributed by atoms with Crippen LogP contribution in [0.1, 0.15) is 35.7 Å². The average Bonchev–Trinajstić information content (AvgIpc) is 2.33. The number of hydrogen-bond donors (Lipinski definition) is 0. The van der Waals surface area contributed by atoms with E-state index in [1.807, 2.05) is 0 Å². The number of benzene rings is 1. The number of Topliss-reactive ketones (excluding diaryl/α,β-unsaturated/α-hetero) is 1. The summed E-state index contributed by atoms with van der Waals surface area (Å²) in [5.74, 6) is -2.21. The second-order valence-corrected chi connectivity index (χ2v) is 6.82. The average molecular weight is 290 g/mol. The molecule has 0 spiro atoms. The fourth-order valence-corrected chi connectivity index (χ4v) is 2.48. The Morgan fingerprint density at radius 3 is 2.42 bits per heavy atom. The fraction of sp³-hybridized carbons (Fsp3) is 0.462. The van der Waals surface area contributed by atoms with Crippen LogP contribution in [0.5, 0.6) is 0 Å². The van der Waals surface area contributed by atoms with E-state index in [4.69, 9.17) is 0 Å². The van der Waals surface area contributed by atoms with Gasteiger partial charge in [0.2, 0.25) is 0 Å². The van der Waals surface area contributed by atoms with E-state index in [-0.39, 0.29) is 35.5 Å². The standard InChI is InChI=1S/C13H16F2O3S/c1-3-19(17,18)6-4-5-13(16)10-7-9(2)11(14)8-12(10)15/h7-8H,3-6H2,1-2H3. The summed E-state index contributed by atoms with van der Waals surface area (Å²) in [5.41, 5.74) is -0.00118. The molecule has 0 aromatic heterocycles. The first-order chi connectivity index (χ1) is 8.76. The van der Waals surface area contributed by atoms with Crippen molar-refractivity contribution < 1.29 is 22.0 Å². The first-order valence-corrected chi connectivity index (χ1v) is 7.78. The largest absolute Gasteiger partial charge is 0.294 e. The monoisotopic (exact) mass is 290 g/mol. The summed E-state index contributed by atoms with van der Waals surface area (Å²) in [6.07, 6.45) is 0.0755. The minimum atomic E-state index is -3.13. The summed E-state index contributed by atoms with van der Waals surface area (Å²) in [7, 11) is -3.13. The molecule has 0 aliphatic rings. The van der Waals surface area contributed by atoms with Crippen LogP contribution >= 0.6 is 0 Å². The molecule has 0 saturated carbocycles. The minimum Gasteiger partial charge on any atom is -0.294 e. The summed E-state index contributed by atoms with van der Waals surface area (Å²) in [4.78, 5) is 11.7. The Kier molecular flexibility index (Phi) is 5.17. The van der Waals surface area contributed by atoms with E-state index in [9.17, 15) is 22.0 Å². The van der Waals surface area contributed by atoms with Crippen LogP contribution in [-0.4, -0.2) is 25.7 Å². The quantitative estimate of drug-likeness (QED) is 0.757. The first-order valence-electron chi connectivity index (χ1n) is 5.96. The molecule has 0 unspecified atom stereocenters. The van der Waals surface area contributed by atoms with Crippen molar-refractivity contribution in [3.8, 4) is 0 Å². The molecule has 0 atom stereocenters. The van der Waals surface area contributed by atoms with Crippen molar-refractivity contribution in [2.45, 2.75) is 26.7 Å². The van der Waals surface area contributed by atoms with Crippen molar-refractivity contribution in [2.75, 3.05) is 11.5 Å². The smallest absolute Gasteiger partial charge is 0.165 e. The highest BCUT2D eigenvalue weighted by atomic mass is 32.2. The van der Waals surface area contributed by atoms with Gasteiger partial charge in [0.05, 0.1) is 11.3 Å². The van der Waals surface area contributed by atoms with E-state index >= 15 is 0 Å². The van der Waals surface area contributed by atoms with Crippen molar-refractivity contribution in [1.29, 1.82) is 0 Å². The third kappa shape index (κ3) is 4.38. The number of ketones is 1. The van der Waals surface area contributed by atoms with Crippen LogP contribution in [-0.2, 0) is 9.84 Å². The third-order valence-corrected chi connectivity index (χ3v) is 4.64. The van der Waals surface area contributed by atoms with Gasteiger partial charge in [0.1, 0.15) is 21.5 Å². The topological polar surface area (TPSA) is 51.2 Å². The number of halogens is 2. The molecule has 0 aliphatic carbocycles.